The van der Waals surface area contributed by atoms with Crippen molar-refractivity contribution in [3.63, 3.8) is 0 Å². The molecule has 0 fully saturated rings. The number of hydrogen-bond acceptors (Lipinski definition) is 5. The summed E-state index contributed by atoms with van der Waals surface area (Å²) in [6, 6.07) is 10.3. The molecule has 3 heterocycles. The highest BCUT2D eigenvalue weighted by atomic mass is 16.7. The molecule has 0 bridgehead atoms. The van der Waals surface area contributed by atoms with E-state index in [1.165, 1.54) is 0 Å². The summed E-state index contributed by atoms with van der Waals surface area (Å²) < 4.78 is 16.0. The number of pyridine rings is 1. The Morgan fingerprint density at radius 1 is 1.14 bits per heavy atom. The Balaban J connectivity index is 1.60. The number of fused-ring (bicyclic) bond motifs is 2. The van der Waals surface area contributed by atoms with Crippen molar-refractivity contribution in [3.8, 4) is 11.5 Å². The molecule has 0 saturated carbocycles. The van der Waals surface area contributed by atoms with Crippen molar-refractivity contribution in [1.82, 2.24) is 4.98 Å². The fourth-order valence-electron chi connectivity index (χ4n) is 2.15. The molecule has 6 heteroatoms. The second-order valence-electron chi connectivity index (χ2n) is 4.52. The lowest BCUT2D eigenvalue weighted by molar-refractivity contribution is 0.0998. The van der Waals surface area contributed by atoms with E-state index in [1.54, 1.807) is 42.6 Å². The number of nitrogens with zero attached hydrogens (tertiary/aromatic N) is 1. The summed E-state index contributed by atoms with van der Waals surface area (Å²) in [5.74, 6) is 1.15. The van der Waals surface area contributed by atoms with E-state index in [0.29, 0.717) is 28.3 Å². The Kier molecular flexibility index (Phi) is 2.53. The molecule has 3 aromatic rings. The lowest BCUT2D eigenvalue weighted by atomic mass is 10.2. The average molecular weight is 282 g/mol. The largest absolute Gasteiger partial charge is 0.454 e. The number of rotatable bonds is 2. The zero-order chi connectivity index (χ0) is 14.2. The number of carbonyl (C=O) groups excluding carboxylic acids is 1. The Bertz CT molecular complexity index is 808. The van der Waals surface area contributed by atoms with Crippen molar-refractivity contribution >= 4 is 22.7 Å². The van der Waals surface area contributed by atoms with Gasteiger partial charge in [0.25, 0.3) is 5.91 Å². The molecule has 4 rings (SSSR count). The molecule has 1 aliphatic rings. The van der Waals surface area contributed by atoms with Gasteiger partial charge in [0.2, 0.25) is 6.79 Å². The first-order valence-electron chi connectivity index (χ1n) is 6.35. The zero-order valence-corrected chi connectivity index (χ0v) is 10.8. The summed E-state index contributed by atoms with van der Waals surface area (Å²) in [6.07, 6.45) is 1.65. The van der Waals surface area contributed by atoms with Gasteiger partial charge in [-0.15, -0.1) is 0 Å². The highest BCUT2D eigenvalue weighted by Gasteiger charge is 2.16. The van der Waals surface area contributed by atoms with Crippen LogP contribution in [-0.4, -0.2) is 17.7 Å². The van der Waals surface area contributed by atoms with Crippen LogP contribution in [0.1, 0.15) is 10.6 Å². The maximum Gasteiger partial charge on any atom is 0.291 e. The molecule has 2 aromatic heterocycles. The van der Waals surface area contributed by atoms with Crippen molar-refractivity contribution in [1.29, 1.82) is 0 Å². The number of aromatic nitrogens is 1. The first-order valence-corrected chi connectivity index (χ1v) is 6.35. The van der Waals surface area contributed by atoms with Crippen LogP contribution < -0.4 is 14.8 Å². The third kappa shape index (κ3) is 2.06. The number of benzene rings is 1. The maximum absolute atomic E-state index is 12.2. The summed E-state index contributed by atoms with van der Waals surface area (Å²) >= 11 is 0. The maximum atomic E-state index is 12.2. The van der Waals surface area contributed by atoms with Gasteiger partial charge in [0.15, 0.2) is 22.8 Å². The van der Waals surface area contributed by atoms with Gasteiger partial charge >= 0.3 is 0 Å². The zero-order valence-electron chi connectivity index (χ0n) is 10.8. The SMILES string of the molecule is O=C(Nc1ccc2c(c1)OCO2)c1cc2ncccc2o1. The average Bonchev–Trinajstić information content (AvgIpc) is 3.13. The van der Waals surface area contributed by atoms with Gasteiger partial charge in [-0.25, -0.2) is 0 Å². The number of furan rings is 1. The quantitative estimate of drug-likeness (QED) is 0.782. The van der Waals surface area contributed by atoms with Gasteiger partial charge in [-0.05, 0) is 24.3 Å². The topological polar surface area (TPSA) is 73.6 Å². The number of nitrogens with one attached hydrogen (secondary N) is 1. The van der Waals surface area contributed by atoms with E-state index in [1.807, 2.05) is 0 Å². The van der Waals surface area contributed by atoms with Gasteiger partial charge < -0.3 is 19.2 Å². The molecule has 1 aromatic carbocycles. The van der Waals surface area contributed by atoms with E-state index < -0.39 is 0 Å². The summed E-state index contributed by atoms with van der Waals surface area (Å²) in [5.41, 5.74) is 1.83. The second kappa shape index (κ2) is 4.52. The molecular formula is C15H10N2O4. The van der Waals surface area contributed by atoms with Crippen molar-refractivity contribution < 1.29 is 18.7 Å². The van der Waals surface area contributed by atoms with Gasteiger partial charge in [0.05, 0.1) is 0 Å². The summed E-state index contributed by atoms with van der Waals surface area (Å²) in [6.45, 7) is 0.196. The van der Waals surface area contributed by atoms with Crippen LogP contribution in [0.25, 0.3) is 11.1 Å². The minimum absolute atomic E-state index is 0.196. The van der Waals surface area contributed by atoms with E-state index in [2.05, 4.69) is 10.3 Å². The fourth-order valence-corrected chi connectivity index (χ4v) is 2.15. The lowest BCUT2D eigenvalue weighted by Gasteiger charge is -2.04. The van der Waals surface area contributed by atoms with E-state index in [4.69, 9.17) is 13.9 Å². The third-order valence-corrected chi connectivity index (χ3v) is 3.14. The van der Waals surface area contributed by atoms with Crippen molar-refractivity contribution in [3.05, 3.63) is 48.4 Å². The minimum Gasteiger partial charge on any atom is -0.454 e. The van der Waals surface area contributed by atoms with E-state index in [-0.39, 0.29) is 18.5 Å². The summed E-state index contributed by atoms with van der Waals surface area (Å²) in [5, 5.41) is 2.75. The molecular weight excluding hydrogens is 272 g/mol. The molecule has 0 spiro atoms. The van der Waals surface area contributed by atoms with Crippen LogP contribution in [0.4, 0.5) is 5.69 Å². The van der Waals surface area contributed by atoms with Crippen LogP contribution in [-0.2, 0) is 0 Å². The smallest absolute Gasteiger partial charge is 0.291 e. The van der Waals surface area contributed by atoms with Crippen LogP contribution in [0.2, 0.25) is 0 Å². The fraction of sp³-hybridized carbons (Fsp3) is 0.0667. The number of hydrogen-bond donors (Lipinski definition) is 1. The van der Waals surface area contributed by atoms with Gasteiger partial charge in [-0.3, -0.25) is 9.78 Å². The number of amides is 1. The first kappa shape index (κ1) is 11.8. The minimum atomic E-state index is -0.341. The number of ether oxygens (including phenoxy) is 2. The predicted octanol–water partition coefficient (Wildman–Crippen LogP) is 2.81. The van der Waals surface area contributed by atoms with Gasteiger partial charge in [0, 0.05) is 24.0 Å². The second-order valence-corrected chi connectivity index (χ2v) is 4.52. The van der Waals surface area contributed by atoms with Crippen LogP contribution in [0, 0.1) is 0 Å². The van der Waals surface area contributed by atoms with Crippen LogP contribution in [0.3, 0.4) is 0 Å². The first-order chi connectivity index (χ1) is 10.3. The highest BCUT2D eigenvalue weighted by Crippen LogP contribution is 2.34. The molecule has 0 saturated heterocycles. The monoisotopic (exact) mass is 282 g/mol. The Labute approximate surface area is 119 Å². The van der Waals surface area contributed by atoms with Gasteiger partial charge in [0.1, 0.15) is 5.52 Å². The van der Waals surface area contributed by atoms with Crippen LogP contribution in [0.15, 0.2) is 47.0 Å². The normalized spacial score (nSPS) is 12.6. The number of anilines is 1. The molecule has 104 valence electrons. The molecule has 0 aliphatic carbocycles. The molecule has 0 radical (unpaired) electrons. The molecule has 0 atom stereocenters. The Morgan fingerprint density at radius 3 is 2.95 bits per heavy atom. The van der Waals surface area contributed by atoms with Crippen molar-refractivity contribution in [2.45, 2.75) is 0 Å². The van der Waals surface area contributed by atoms with Crippen LogP contribution >= 0.6 is 0 Å². The predicted molar refractivity (Wildman–Crippen MR) is 74.5 cm³/mol. The molecule has 1 aliphatic heterocycles. The third-order valence-electron chi connectivity index (χ3n) is 3.14. The molecule has 21 heavy (non-hydrogen) atoms. The van der Waals surface area contributed by atoms with E-state index >= 15 is 0 Å². The number of carbonyl (C=O) groups is 1. The van der Waals surface area contributed by atoms with E-state index in [9.17, 15) is 4.79 Å². The van der Waals surface area contributed by atoms with E-state index in [0.717, 1.165) is 0 Å². The summed E-state index contributed by atoms with van der Waals surface area (Å²) in [4.78, 5) is 16.3. The summed E-state index contributed by atoms with van der Waals surface area (Å²) in [7, 11) is 0. The molecule has 1 amide bonds. The standard InChI is InChI=1S/C15H10N2O4/c18-15(14-7-10-11(21-14)2-1-5-16-10)17-9-3-4-12-13(6-9)20-8-19-12/h1-7H,8H2,(H,17,18). The van der Waals surface area contributed by atoms with Gasteiger partial charge in [-0.2, -0.15) is 0 Å². The Hall–Kier alpha value is -3.02. The Morgan fingerprint density at radius 2 is 2.05 bits per heavy atom. The highest BCUT2D eigenvalue weighted by molar-refractivity contribution is 6.04. The van der Waals surface area contributed by atoms with Crippen molar-refractivity contribution in [2.24, 2.45) is 0 Å². The van der Waals surface area contributed by atoms with Crippen molar-refractivity contribution in [2.75, 3.05) is 12.1 Å². The molecule has 1 N–H and O–H groups in total. The lowest BCUT2D eigenvalue weighted by Crippen LogP contribution is -2.10. The van der Waals surface area contributed by atoms with Crippen LogP contribution in [0.5, 0.6) is 11.5 Å². The van der Waals surface area contributed by atoms with Gasteiger partial charge in [-0.1, -0.05) is 0 Å². The molecule has 0 unspecified atom stereocenters. The molecule has 6 nitrogen and oxygen atoms in total.